The van der Waals surface area contributed by atoms with Crippen LogP contribution in [0.5, 0.6) is 0 Å². The van der Waals surface area contributed by atoms with Crippen molar-refractivity contribution in [1.82, 2.24) is 15.5 Å². The number of rotatable bonds is 5. The lowest BCUT2D eigenvalue weighted by atomic mass is 9.95. The fourth-order valence-corrected chi connectivity index (χ4v) is 2.97. The summed E-state index contributed by atoms with van der Waals surface area (Å²) in [7, 11) is 0. The molecule has 2 aromatic rings. The summed E-state index contributed by atoms with van der Waals surface area (Å²) in [5.74, 6) is 0.498. The maximum atomic E-state index is 12.2. The van der Waals surface area contributed by atoms with Crippen molar-refractivity contribution in [3.63, 3.8) is 0 Å². The highest BCUT2D eigenvalue weighted by atomic mass is 35.5. The number of carbonyl (C=O) groups excluding carboxylic acids is 1. The lowest BCUT2D eigenvalue weighted by Crippen LogP contribution is -2.36. The van der Waals surface area contributed by atoms with Crippen molar-refractivity contribution in [3.05, 3.63) is 52.7 Å². The van der Waals surface area contributed by atoms with Gasteiger partial charge in [0.1, 0.15) is 5.82 Å². The molecule has 24 heavy (non-hydrogen) atoms. The first kappa shape index (κ1) is 16.7. The molecule has 5 nitrogen and oxygen atoms in total. The molecule has 1 aliphatic rings. The third-order valence-electron chi connectivity index (χ3n) is 4.22. The van der Waals surface area contributed by atoms with Crippen LogP contribution in [0.4, 0.5) is 5.82 Å². The SMILES string of the molecule is O=C(NC1CCCCC1)c1ccc(NCc2ccc(Cl)cc2)nn1. The molecule has 0 aliphatic heterocycles. The van der Waals surface area contributed by atoms with Crippen LogP contribution in [0, 0.1) is 0 Å². The highest BCUT2D eigenvalue weighted by Gasteiger charge is 2.17. The Balaban J connectivity index is 1.52. The van der Waals surface area contributed by atoms with E-state index < -0.39 is 0 Å². The van der Waals surface area contributed by atoms with Gasteiger partial charge >= 0.3 is 0 Å². The van der Waals surface area contributed by atoms with Gasteiger partial charge in [0, 0.05) is 17.6 Å². The molecule has 3 rings (SSSR count). The second kappa shape index (κ2) is 8.11. The van der Waals surface area contributed by atoms with E-state index in [-0.39, 0.29) is 11.9 Å². The Labute approximate surface area is 146 Å². The Morgan fingerprint density at radius 3 is 2.46 bits per heavy atom. The molecule has 1 amide bonds. The number of amides is 1. The number of nitrogens with zero attached hydrogens (tertiary/aromatic N) is 2. The number of carbonyl (C=O) groups is 1. The van der Waals surface area contributed by atoms with Crippen LogP contribution in [0.2, 0.25) is 5.02 Å². The number of aromatic nitrogens is 2. The molecule has 1 aromatic carbocycles. The van der Waals surface area contributed by atoms with E-state index in [0.29, 0.717) is 23.1 Å². The van der Waals surface area contributed by atoms with Gasteiger partial charge in [-0.3, -0.25) is 4.79 Å². The molecule has 1 saturated carbocycles. The topological polar surface area (TPSA) is 66.9 Å². The minimum Gasteiger partial charge on any atom is -0.365 e. The smallest absolute Gasteiger partial charge is 0.272 e. The molecule has 1 heterocycles. The van der Waals surface area contributed by atoms with Crippen LogP contribution in [0.15, 0.2) is 36.4 Å². The Morgan fingerprint density at radius 2 is 1.79 bits per heavy atom. The number of nitrogens with one attached hydrogen (secondary N) is 2. The molecular weight excluding hydrogens is 324 g/mol. The normalized spacial score (nSPS) is 15.0. The molecule has 0 spiro atoms. The Bertz CT molecular complexity index is 666. The van der Waals surface area contributed by atoms with Crippen LogP contribution in [-0.2, 0) is 6.54 Å². The molecule has 1 aliphatic carbocycles. The molecule has 0 atom stereocenters. The minimum absolute atomic E-state index is 0.140. The van der Waals surface area contributed by atoms with Gasteiger partial charge in [-0.2, -0.15) is 0 Å². The average molecular weight is 345 g/mol. The molecule has 1 aromatic heterocycles. The van der Waals surface area contributed by atoms with Gasteiger partial charge in [-0.05, 0) is 42.7 Å². The van der Waals surface area contributed by atoms with Crippen molar-refractivity contribution in [3.8, 4) is 0 Å². The molecule has 2 N–H and O–H groups in total. The van der Waals surface area contributed by atoms with Crippen molar-refractivity contribution in [2.45, 2.75) is 44.7 Å². The van der Waals surface area contributed by atoms with Crippen LogP contribution in [0.3, 0.4) is 0 Å². The first-order valence-electron chi connectivity index (χ1n) is 8.33. The van der Waals surface area contributed by atoms with Gasteiger partial charge in [0.15, 0.2) is 5.69 Å². The maximum absolute atomic E-state index is 12.2. The monoisotopic (exact) mass is 344 g/mol. The van der Waals surface area contributed by atoms with Gasteiger partial charge < -0.3 is 10.6 Å². The molecule has 1 fully saturated rings. The quantitative estimate of drug-likeness (QED) is 0.865. The average Bonchev–Trinajstić information content (AvgIpc) is 2.62. The van der Waals surface area contributed by atoms with Crippen LogP contribution in [0.1, 0.15) is 48.2 Å². The van der Waals surface area contributed by atoms with E-state index in [1.807, 2.05) is 24.3 Å². The van der Waals surface area contributed by atoms with Gasteiger partial charge in [-0.15, -0.1) is 10.2 Å². The molecule has 126 valence electrons. The maximum Gasteiger partial charge on any atom is 0.272 e. The zero-order valence-corrected chi connectivity index (χ0v) is 14.2. The molecular formula is C18H21ClN4O. The van der Waals surface area contributed by atoms with E-state index in [2.05, 4.69) is 20.8 Å². The summed E-state index contributed by atoms with van der Waals surface area (Å²) in [6.45, 7) is 0.624. The van der Waals surface area contributed by atoms with Crippen molar-refractivity contribution in [1.29, 1.82) is 0 Å². The van der Waals surface area contributed by atoms with E-state index in [0.717, 1.165) is 18.4 Å². The standard InChI is InChI=1S/C18H21ClN4O/c19-14-8-6-13(7-9-14)12-20-17-11-10-16(22-23-17)18(24)21-15-4-2-1-3-5-15/h6-11,15H,1-5,12H2,(H,20,23)(H,21,24). The highest BCUT2D eigenvalue weighted by molar-refractivity contribution is 6.30. The first-order valence-corrected chi connectivity index (χ1v) is 8.71. The summed E-state index contributed by atoms with van der Waals surface area (Å²) in [6.07, 6.45) is 5.74. The minimum atomic E-state index is -0.140. The molecule has 6 heteroatoms. The molecule has 0 saturated heterocycles. The lowest BCUT2D eigenvalue weighted by Gasteiger charge is -2.22. The number of benzene rings is 1. The van der Waals surface area contributed by atoms with E-state index in [4.69, 9.17) is 11.6 Å². The number of hydrogen-bond acceptors (Lipinski definition) is 4. The Kier molecular flexibility index (Phi) is 5.64. The Morgan fingerprint density at radius 1 is 1.04 bits per heavy atom. The van der Waals surface area contributed by atoms with E-state index in [9.17, 15) is 4.79 Å². The summed E-state index contributed by atoms with van der Waals surface area (Å²) in [5, 5.41) is 15.0. The predicted octanol–water partition coefficient (Wildman–Crippen LogP) is 3.80. The number of halogens is 1. The zero-order valence-electron chi connectivity index (χ0n) is 13.5. The Hall–Kier alpha value is -2.14. The second-order valence-electron chi connectivity index (χ2n) is 6.09. The summed E-state index contributed by atoms with van der Waals surface area (Å²) >= 11 is 5.87. The summed E-state index contributed by atoms with van der Waals surface area (Å²) in [6, 6.07) is 11.4. The van der Waals surface area contributed by atoms with Crippen molar-refractivity contribution >= 4 is 23.3 Å². The van der Waals surface area contributed by atoms with Gasteiger partial charge in [-0.25, -0.2) is 0 Å². The third-order valence-corrected chi connectivity index (χ3v) is 4.48. The van der Waals surface area contributed by atoms with Crippen LogP contribution in [-0.4, -0.2) is 22.1 Å². The fraction of sp³-hybridized carbons (Fsp3) is 0.389. The van der Waals surface area contributed by atoms with Crippen molar-refractivity contribution in [2.75, 3.05) is 5.32 Å². The molecule has 0 unspecified atom stereocenters. The summed E-state index contributed by atoms with van der Waals surface area (Å²) in [4.78, 5) is 12.2. The van der Waals surface area contributed by atoms with Crippen molar-refractivity contribution < 1.29 is 4.79 Å². The summed E-state index contributed by atoms with van der Waals surface area (Å²) < 4.78 is 0. The second-order valence-corrected chi connectivity index (χ2v) is 6.53. The van der Waals surface area contributed by atoms with Gasteiger partial charge in [0.2, 0.25) is 0 Å². The largest absolute Gasteiger partial charge is 0.365 e. The molecule has 0 bridgehead atoms. The van der Waals surface area contributed by atoms with E-state index >= 15 is 0 Å². The van der Waals surface area contributed by atoms with Crippen LogP contribution >= 0.6 is 11.6 Å². The zero-order chi connectivity index (χ0) is 16.8. The lowest BCUT2D eigenvalue weighted by molar-refractivity contribution is 0.0921. The van der Waals surface area contributed by atoms with Crippen LogP contribution < -0.4 is 10.6 Å². The van der Waals surface area contributed by atoms with Gasteiger partial charge in [0.25, 0.3) is 5.91 Å². The van der Waals surface area contributed by atoms with E-state index in [1.54, 1.807) is 12.1 Å². The first-order chi connectivity index (χ1) is 11.7. The van der Waals surface area contributed by atoms with Gasteiger partial charge in [0.05, 0.1) is 0 Å². The van der Waals surface area contributed by atoms with Gasteiger partial charge in [-0.1, -0.05) is 43.0 Å². The highest BCUT2D eigenvalue weighted by Crippen LogP contribution is 2.17. The fourth-order valence-electron chi connectivity index (χ4n) is 2.85. The van der Waals surface area contributed by atoms with E-state index in [1.165, 1.54) is 19.3 Å². The molecule has 0 radical (unpaired) electrons. The summed E-state index contributed by atoms with van der Waals surface area (Å²) in [5.41, 5.74) is 1.46. The predicted molar refractivity (Wildman–Crippen MR) is 95.1 cm³/mol. The van der Waals surface area contributed by atoms with Crippen molar-refractivity contribution in [2.24, 2.45) is 0 Å². The third kappa shape index (κ3) is 4.68. The number of anilines is 1. The van der Waals surface area contributed by atoms with Crippen LogP contribution in [0.25, 0.3) is 0 Å². The number of hydrogen-bond donors (Lipinski definition) is 2.